The lowest BCUT2D eigenvalue weighted by atomic mass is 9.96. The molecule has 148 valence electrons. The van der Waals surface area contributed by atoms with Crippen molar-refractivity contribution in [2.45, 2.75) is 19.9 Å². The molecule has 2 aromatic heterocycles. The second-order valence-corrected chi connectivity index (χ2v) is 8.73. The number of esters is 1. The van der Waals surface area contributed by atoms with Gasteiger partial charge in [-0.05, 0) is 43.0 Å². The molecule has 0 unspecified atom stereocenters. The molecule has 29 heavy (non-hydrogen) atoms. The van der Waals surface area contributed by atoms with Crippen molar-refractivity contribution in [3.05, 3.63) is 88.2 Å². The Morgan fingerprint density at radius 1 is 1.31 bits per heavy atom. The van der Waals surface area contributed by atoms with E-state index in [9.17, 15) is 9.59 Å². The van der Waals surface area contributed by atoms with E-state index in [0.717, 1.165) is 4.88 Å². The van der Waals surface area contributed by atoms with Gasteiger partial charge in [0, 0.05) is 9.90 Å². The Labute approximate surface area is 179 Å². The van der Waals surface area contributed by atoms with E-state index in [2.05, 4.69) is 4.99 Å². The van der Waals surface area contributed by atoms with Crippen molar-refractivity contribution in [3.8, 4) is 0 Å². The third-order valence-electron chi connectivity index (χ3n) is 4.53. The summed E-state index contributed by atoms with van der Waals surface area (Å²) in [6.45, 7) is 3.73. The maximum absolute atomic E-state index is 13.3. The molecule has 3 aromatic rings. The third kappa shape index (κ3) is 3.61. The van der Waals surface area contributed by atoms with Crippen molar-refractivity contribution in [2.24, 2.45) is 4.99 Å². The van der Waals surface area contributed by atoms with Gasteiger partial charge in [0.1, 0.15) is 6.04 Å². The van der Waals surface area contributed by atoms with Crippen LogP contribution in [0.2, 0.25) is 5.02 Å². The molecule has 1 atom stereocenters. The second kappa shape index (κ2) is 8.10. The number of hydrogen-bond donors (Lipinski definition) is 0. The molecule has 0 saturated heterocycles. The zero-order valence-corrected chi connectivity index (χ0v) is 18.1. The zero-order chi connectivity index (χ0) is 20.5. The molecule has 0 bridgehead atoms. The number of aromatic nitrogens is 1. The van der Waals surface area contributed by atoms with Crippen LogP contribution in [0.5, 0.6) is 0 Å². The minimum atomic E-state index is -0.690. The van der Waals surface area contributed by atoms with Crippen LogP contribution in [0.3, 0.4) is 0 Å². The van der Waals surface area contributed by atoms with Crippen molar-refractivity contribution in [1.29, 1.82) is 0 Å². The third-order valence-corrected chi connectivity index (χ3v) is 6.68. The molecule has 0 amide bonds. The highest BCUT2D eigenvalue weighted by atomic mass is 35.5. The number of nitrogens with zero attached hydrogens (tertiary/aromatic N) is 2. The van der Waals surface area contributed by atoms with E-state index in [0.29, 0.717) is 31.2 Å². The molecule has 0 radical (unpaired) electrons. The van der Waals surface area contributed by atoms with E-state index in [1.54, 1.807) is 35.8 Å². The lowest BCUT2D eigenvalue weighted by Crippen LogP contribution is -2.40. The Morgan fingerprint density at radius 2 is 2.10 bits per heavy atom. The van der Waals surface area contributed by atoms with Crippen molar-refractivity contribution < 1.29 is 9.53 Å². The van der Waals surface area contributed by atoms with E-state index in [1.165, 1.54) is 11.3 Å². The fraction of sp³-hybridized carbons (Fsp3) is 0.190. The highest BCUT2D eigenvalue weighted by Crippen LogP contribution is 2.34. The van der Waals surface area contributed by atoms with Gasteiger partial charge in [-0.2, -0.15) is 0 Å². The first-order valence-corrected chi connectivity index (χ1v) is 11.1. The molecular formula is C21H17ClN2O3S2. The van der Waals surface area contributed by atoms with E-state index >= 15 is 0 Å². The van der Waals surface area contributed by atoms with Crippen LogP contribution >= 0.6 is 34.3 Å². The molecule has 5 nitrogen and oxygen atoms in total. The number of hydrogen-bond acceptors (Lipinski definition) is 6. The predicted molar refractivity (Wildman–Crippen MR) is 116 cm³/mol. The number of halogens is 1. The Balaban J connectivity index is 2.00. The Kier molecular flexibility index (Phi) is 5.54. The summed E-state index contributed by atoms with van der Waals surface area (Å²) < 4.78 is 7.38. The van der Waals surface area contributed by atoms with Gasteiger partial charge in [-0.15, -0.1) is 11.3 Å². The number of rotatable bonds is 4. The molecule has 4 rings (SSSR count). The van der Waals surface area contributed by atoms with Gasteiger partial charge in [0.25, 0.3) is 5.56 Å². The molecule has 0 fully saturated rings. The first-order chi connectivity index (χ1) is 14.0. The summed E-state index contributed by atoms with van der Waals surface area (Å²) in [5, 5.41) is 2.43. The maximum Gasteiger partial charge on any atom is 0.338 e. The van der Waals surface area contributed by atoms with Crippen LogP contribution in [0, 0.1) is 0 Å². The van der Waals surface area contributed by atoms with Crippen molar-refractivity contribution >= 4 is 46.3 Å². The average Bonchev–Trinajstić information content (AvgIpc) is 3.30. The number of fused-ring (bicyclic) bond motifs is 1. The summed E-state index contributed by atoms with van der Waals surface area (Å²) in [4.78, 5) is 32.2. The average molecular weight is 445 g/mol. The molecule has 0 aliphatic carbocycles. The van der Waals surface area contributed by atoms with Crippen LogP contribution in [-0.4, -0.2) is 17.1 Å². The number of carbonyl (C=O) groups is 1. The summed E-state index contributed by atoms with van der Waals surface area (Å²) in [6.07, 6.45) is 1.85. The monoisotopic (exact) mass is 444 g/mol. The van der Waals surface area contributed by atoms with E-state index < -0.39 is 12.0 Å². The molecule has 0 spiro atoms. The zero-order valence-electron chi connectivity index (χ0n) is 15.7. The van der Waals surface area contributed by atoms with E-state index in [4.69, 9.17) is 16.3 Å². The molecule has 1 aliphatic heterocycles. The Hall–Kier alpha value is -2.48. The molecule has 8 heteroatoms. The van der Waals surface area contributed by atoms with Gasteiger partial charge in [0.15, 0.2) is 4.80 Å². The maximum atomic E-state index is 13.3. The van der Waals surface area contributed by atoms with Crippen LogP contribution in [0.4, 0.5) is 0 Å². The highest BCUT2D eigenvalue weighted by Gasteiger charge is 2.34. The van der Waals surface area contributed by atoms with Crippen LogP contribution < -0.4 is 14.9 Å². The van der Waals surface area contributed by atoms with Gasteiger partial charge < -0.3 is 4.74 Å². The summed E-state index contributed by atoms with van der Waals surface area (Å²) in [5.41, 5.74) is 1.31. The minimum Gasteiger partial charge on any atom is -0.463 e. The first-order valence-electron chi connectivity index (χ1n) is 8.99. The molecule has 3 heterocycles. The number of allylic oxidation sites excluding steroid dienone is 1. The topological polar surface area (TPSA) is 60.7 Å². The lowest BCUT2D eigenvalue weighted by Gasteiger charge is -2.25. The SMILES string of the molecule is CCOC(=O)C1=C(C)N=c2s/c(=C/c3cccs3)c(=O)n2[C@H]1c1ccccc1Cl. The highest BCUT2D eigenvalue weighted by molar-refractivity contribution is 7.11. The van der Waals surface area contributed by atoms with Gasteiger partial charge in [-0.25, -0.2) is 9.79 Å². The van der Waals surface area contributed by atoms with Crippen LogP contribution in [0.1, 0.15) is 30.3 Å². The van der Waals surface area contributed by atoms with Gasteiger partial charge >= 0.3 is 5.97 Å². The summed E-state index contributed by atoms with van der Waals surface area (Å²) in [7, 11) is 0. The van der Waals surface area contributed by atoms with Gasteiger partial charge in [0.05, 0.1) is 22.4 Å². The standard InChI is InChI=1S/C21H17ClN2O3S2/c1-3-27-20(26)17-12(2)23-21-24(18(17)14-8-4-5-9-15(14)22)19(25)16(29-21)11-13-7-6-10-28-13/h4-11,18H,3H2,1-2H3/b16-11+/t18-/m0/s1. The smallest absolute Gasteiger partial charge is 0.338 e. The van der Waals surface area contributed by atoms with Crippen LogP contribution in [0.25, 0.3) is 6.08 Å². The second-order valence-electron chi connectivity index (χ2n) is 6.34. The summed E-state index contributed by atoms with van der Waals surface area (Å²) >= 11 is 9.32. The Bertz CT molecular complexity index is 1290. The number of ether oxygens (including phenoxy) is 1. The molecule has 0 saturated carbocycles. The Morgan fingerprint density at radius 3 is 2.79 bits per heavy atom. The fourth-order valence-electron chi connectivity index (χ4n) is 3.29. The van der Waals surface area contributed by atoms with Crippen molar-refractivity contribution in [1.82, 2.24) is 4.57 Å². The molecular weight excluding hydrogens is 428 g/mol. The van der Waals surface area contributed by atoms with Crippen molar-refractivity contribution in [3.63, 3.8) is 0 Å². The molecule has 1 aromatic carbocycles. The largest absolute Gasteiger partial charge is 0.463 e. The van der Waals surface area contributed by atoms with Gasteiger partial charge in [0.2, 0.25) is 0 Å². The predicted octanol–water partition coefficient (Wildman–Crippen LogP) is 3.51. The molecule has 1 aliphatic rings. The van der Waals surface area contributed by atoms with Crippen molar-refractivity contribution in [2.75, 3.05) is 6.61 Å². The number of benzene rings is 1. The first kappa shape index (κ1) is 19.8. The number of thiazole rings is 1. The summed E-state index contributed by atoms with van der Waals surface area (Å²) in [5.74, 6) is -0.494. The fourth-order valence-corrected chi connectivity index (χ4v) is 5.29. The minimum absolute atomic E-state index is 0.207. The van der Waals surface area contributed by atoms with Crippen LogP contribution in [0.15, 0.2) is 62.8 Å². The van der Waals surface area contributed by atoms with Gasteiger partial charge in [-0.3, -0.25) is 9.36 Å². The normalized spacial score (nSPS) is 16.5. The van der Waals surface area contributed by atoms with E-state index in [1.807, 2.05) is 41.8 Å². The number of carbonyl (C=O) groups excluding carboxylic acids is 1. The van der Waals surface area contributed by atoms with Gasteiger partial charge in [-0.1, -0.05) is 47.2 Å². The summed E-state index contributed by atoms with van der Waals surface area (Å²) in [6, 6.07) is 10.4. The quantitative estimate of drug-likeness (QED) is 0.578. The lowest BCUT2D eigenvalue weighted by molar-refractivity contribution is -0.139. The molecule has 0 N–H and O–H groups in total. The van der Waals surface area contributed by atoms with Crippen LogP contribution in [-0.2, 0) is 9.53 Å². The van der Waals surface area contributed by atoms with E-state index in [-0.39, 0.29) is 12.2 Å². The number of thiophene rings is 1.